The minimum absolute atomic E-state index is 0.107. The first-order valence-corrected chi connectivity index (χ1v) is 7.22. The van der Waals surface area contributed by atoms with Crippen LogP contribution < -0.4 is 5.84 Å². The van der Waals surface area contributed by atoms with Gasteiger partial charge in [0.05, 0.1) is 6.42 Å². The molecule has 1 aromatic rings. The normalized spacial score (nSPS) is 16.9. The molecule has 0 unspecified atom stereocenters. The first kappa shape index (κ1) is 13.2. The van der Waals surface area contributed by atoms with E-state index in [-0.39, 0.29) is 6.42 Å². The molecule has 0 bridgehead atoms. The Morgan fingerprint density at radius 2 is 2.11 bits per heavy atom. The third-order valence-corrected chi connectivity index (χ3v) is 4.15. The molecule has 0 atom stereocenters. The largest absolute Gasteiger partial charge is 0.481 e. The predicted molar refractivity (Wildman–Crippen MR) is 69.0 cm³/mol. The molecule has 3 N–H and O–H groups in total. The van der Waals surface area contributed by atoms with E-state index >= 15 is 0 Å². The Hall–Kier alpha value is -1.24. The van der Waals surface area contributed by atoms with Crippen LogP contribution in [-0.2, 0) is 4.79 Å². The van der Waals surface area contributed by atoms with Crippen molar-refractivity contribution in [3.05, 3.63) is 5.82 Å². The SMILES string of the molecule is Nn1c(SCCC(=O)O)nnc1C1CCCCC1. The zero-order valence-corrected chi connectivity index (χ0v) is 11.0. The van der Waals surface area contributed by atoms with Gasteiger partial charge in [-0.05, 0) is 12.8 Å². The van der Waals surface area contributed by atoms with E-state index in [1.165, 1.54) is 35.7 Å². The molecule has 1 heterocycles. The third-order valence-electron chi connectivity index (χ3n) is 3.21. The van der Waals surface area contributed by atoms with E-state index in [1.54, 1.807) is 0 Å². The van der Waals surface area contributed by atoms with Gasteiger partial charge in [-0.2, -0.15) is 0 Å². The van der Waals surface area contributed by atoms with Crippen molar-refractivity contribution < 1.29 is 9.90 Å². The molecule has 6 nitrogen and oxygen atoms in total. The smallest absolute Gasteiger partial charge is 0.304 e. The summed E-state index contributed by atoms with van der Waals surface area (Å²) >= 11 is 1.34. The Morgan fingerprint density at radius 1 is 1.39 bits per heavy atom. The van der Waals surface area contributed by atoms with Crippen LogP contribution in [0.3, 0.4) is 0 Å². The van der Waals surface area contributed by atoms with Gasteiger partial charge >= 0.3 is 5.97 Å². The summed E-state index contributed by atoms with van der Waals surface area (Å²) in [7, 11) is 0. The van der Waals surface area contributed by atoms with E-state index in [1.807, 2.05) is 0 Å². The Morgan fingerprint density at radius 3 is 2.78 bits per heavy atom. The van der Waals surface area contributed by atoms with Gasteiger partial charge in [-0.1, -0.05) is 31.0 Å². The summed E-state index contributed by atoms with van der Waals surface area (Å²) in [5.74, 6) is 6.88. The summed E-state index contributed by atoms with van der Waals surface area (Å²) in [5, 5.41) is 17.4. The summed E-state index contributed by atoms with van der Waals surface area (Å²) in [4.78, 5) is 10.4. The summed E-state index contributed by atoms with van der Waals surface area (Å²) in [6, 6.07) is 0. The van der Waals surface area contributed by atoms with Crippen molar-refractivity contribution in [3.63, 3.8) is 0 Å². The molecule has 0 amide bonds. The molecular formula is C11H18N4O2S. The summed E-state index contributed by atoms with van der Waals surface area (Å²) in [5.41, 5.74) is 0. The van der Waals surface area contributed by atoms with E-state index in [0.717, 1.165) is 18.7 Å². The lowest BCUT2D eigenvalue weighted by Gasteiger charge is -2.20. The average molecular weight is 270 g/mol. The predicted octanol–water partition coefficient (Wildman–Crippen LogP) is 1.61. The van der Waals surface area contributed by atoms with Gasteiger partial charge in [0, 0.05) is 11.7 Å². The fourth-order valence-electron chi connectivity index (χ4n) is 2.26. The molecule has 0 aliphatic heterocycles. The van der Waals surface area contributed by atoms with Crippen molar-refractivity contribution in [2.24, 2.45) is 0 Å². The van der Waals surface area contributed by atoms with Gasteiger partial charge in [-0.15, -0.1) is 10.2 Å². The van der Waals surface area contributed by atoms with E-state index in [9.17, 15) is 4.79 Å². The molecule has 0 spiro atoms. The highest BCUT2D eigenvalue weighted by Crippen LogP contribution is 2.32. The zero-order valence-electron chi connectivity index (χ0n) is 10.2. The number of hydrogen-bond donors (Lipinski definition) is 2. The quantitative estimate of drug-likeness (QED) is 0.623. The molecule has 0 aromatic carbocycles. The fourth-order valence-corrected chi connectivity index (χ4v) is 3.05. The van der Waals surface area contributed by atoms with Crippen molar-refractivity contribution in [1.29, 1.82) is 0 Å². The van der Waals surface area contributed by atoms with Crippen LogP contribution in [0, 0.1) is 0 Å². The standard InChI is InChI=1S/C11H18N4O2S/c12-15-10(8-4-2-1-3-5-8)13-14-11(15)18-7-6-9(16)17/h8H,1-7,12H2,(H,16,17). The molecule has 0 saturated heterocycles. The summed E-state index contributed by atoms with van der Waals surface area (Å²) in [6.45, 7) is 0. The molecule has 1 fully saturated rings. The van der Waals surface area contributed by atoms with Crippen molar-refractivity contribution in [1.82, 2.24) is 14.9 Å². The lowest BCUT2D eigenvalue weighted by molar-refractivity contribution is -0.136. The number of thioether (sulfide) groups is 1. The minimum atomic E-state index is -0.807. The van der Waals surface area contributed by atoms with Crippen LogP contribution in [0.2, 0.25) is 0 Å². The van der Waals surface area contributed by atoms with Crippen LogP contribution in [0.15, 0.2) is 5.16 Å². The molecule has 0 radical (unpaired) electrons. The Labute approximate surface area is 110 Å². The summed E-state index contributed by atoms with van der Waals surface area (Å²) < 4.78 is 1.53. The number of nitrogens with two attached hydrogens (primary N) is 1. The van der Waals surface area contributed by atoms with Crippen molar-refractivity contribution in [2.75, 3.05) is 11.6 Å². The van der Waals surface area contributed by atoms with E-state index < -0.39 is 5.97 Å². The third kappa shape index (κ3) is 3.16. The van der Waals surface area contributed by atoms with Gasteiger partial charge in [0.1, 0.15) is 0 Å². The van der Waals surface area contributed by atoms with Crippen LogP contribution in [0.1, 0.15) is 50.3 Å². The van der Waals surface area contributed by atoms with E-state index in [2.05, 4.69) is 10.2 Å². The number of rotatable bonds is 5. The van der Waals surface area contributed by atoms with Gasteiger partial charge in [0.15, 0.2) is 5.82 Å². The molecular weight excluding hydrogens is 252 g/mol. The van der Waals surface area contributed by atoms with Crippen molar-refractivity contribution in [3.8, 4) is 0 Å². The maximum atomic E-state index is 10.4. The first-order chi connectivity index (χ1) is 8.68. The zero-order chi connectivity index (χ0) is 13.0. The van der Waals surface area contributed by atoms with Crippen LogP contribution in [0.5, 0.6) is 0 Å². The second kappa shape index (κ2) is 6.08. The summed E-state index contributed by atoms with van der Waals surface area (Å²) in [6.07, 6.45) is 6.08. The topological polar surface area (TPSA) is 94.0 Å². The maximum Gasteiger partial charge on any atom is 0.304 e. The van der Waals surface area contributed by atoms with Crippen LogP contribution >= 0.6 is 11.8 Å². The number of hydrogen-bond acceptors (Lipinski definition) is 5. The molecule has 7 heteroatoms. The van der Waals surface area contributed by atoms with Crippen molar-refractivity contribution >= 4 is 17.7 Å². The maximum absolute atomic E-state index is 10.4. The number of carbonyl (C=O) groups is 1. The van der Waals surface area contributed by atoms with E-state index in [4.69, 9.17) is 10.9 Å². The minimum Gasteiger partial charge on any atom is -0.481 e. The molecule has 1 aliphatic rings. The monoisotopic (exact) mass is 270 g/mol. The molecule has 1 saturated carbocycles. The number of aromatic nitrogens is 3. The van der Waals surface area contributed by atoms with Gasteiger partial charge in [-0.3, -0.25) is 4.79 Å². The van der Waals surface area contributed by atoms with Crippen LogP contribution in [0.25, 0.3) is 0 Å². The lowest BCUT2D eigenvalue weighted by atomic mass is 9.89. The number of nitrogen functional groups attached to an aromatic ring is 1. The number of aliphatic carboxylic acids is 1. The molecule has 100 valence electrons. The second-order valence-electron chi connectivity index (χ2n) is 4.54. The number of carboxylic acids is 1. The highest BCUT2D eigenvalue weighted by molar-refractivity contribution is 7.99. The highest BCUT2D eigenvalue weighted by Gasteiger charge is 2.22. The lowest BCUT2D eigenvalue weighted by Crippen LogP contribution is -2.18. The molecule has 1 aliphatic carbocycles. The first-order valence-electron chi connectivity index (χ1n) is 6.23. The van der Waals surface area contributed by atoms with Crippen LogP contribution in [0.4, 0.5) is 0 Å². The average Bonchev–Trinajstić information content (AvgIpc) is 2.72. The van der Waals surface area contributed by atoms with E-state index in [0.29, 0.717) is 16.8 Å². The van der Waals surface area contributed by atoms with Gasteiger partial charge in [0.2, 0.25) is 5.16 Å². The highest BCUT2D eigenvalue weighted by atomic mass is 32.2. The second-order valence-corrected chi connectivity index (χ2v) is 5.60. The number of carboxylic acid groups (broad SMARTS) is 1. The van der Waals surface area contributed by atoms with Gasteiger partial charge in [0.25, 0.3) is 0 Å². The Balaban J connectivity index is 1.96. The fraction of sp³-hybridized carbons (Fsp3) is 0.727. The molecule has 1 aromatic heterocycles. The number of nitrogens with zero attached hydrogens (tertiary/aromatic N) is 3. The van der Waals surface area contributed by atoms with Gasteiger partial charge in [-0.25, -0.2) is 4.68 Å². The van der Waals surface area contributed by atoms with Gasteiger partial charge < -0.3 is 10.9 Å². The van der Waals surface area contributed by atoms with Crippen LogP contribution in [-0.4, -0.2) is 31.7 Å². The Kier molecular flexibility index (Phi) is 4.46. The van der Waals surface area contributed by atoms with Crippen molar-refractivity contribution in [2.45, 2.75) is 49.6 Å². The molecule has 18 heavy (non-hydrogen) atoms. The molecule has 2 rings (SSSR count). The Bertz CT molecular complexity index is 415.